The van der Waals surface area contributed by atoms with E-state index < -0.39 is 11.9 Å². The second-order valence-corrected chi connectivity index (χ2v) is 3.76. The third-order valence-corrected chi connectivity index (χ3v) is 2.43. The zero-order valence-electron chi connectivity index (χ0n) is 7.31. The van der Waals surface area contributed by atoms with E-state index in [0.29, 0.717) is 0 Å². The van der Waals surface area contributed by atoms with Gasteiger partial charge < -0.3 is 10.8 Å². The number of nitrogens with zero attached hydrogens (tertiary/aromatic N) is 2. The summed E-state index contributed by atoms with van der Waals surface area (Å²) in [7, 11) is 0. The highest BCUT2D eigenvalue weighted by molar-refractivity contribution is 7.99. The van der Waals surface area contributed by atoms with Crippen molar-refractivity contribution in [3.8, 4) is 0 Å². The number of aromatic nitrogens is 2. The first-order valence-corrected chi connectivity index (χ1v) is 5.04. The van der Waals surface area contributed by atoms with Crippen molar-refractivity contribution in [2.45, 2.75) is 5.16 Å². The summed E-state index contributed by atoms with van der Waals surface area (Å²) < 4.78 is 0. The van der Waals surface area contributed by atoms with Gasteiger partial charge in [-0.15, -0.1) is 0 Å². The van der Waals surface area contributed by atoms with Crippen molar-refractivity contribution in [3.05, 3.63) is 16.9 Å². The first-order valence-electron chi connectivity index (χ1n) is 3.67. The summed E-state index contributed by atoms with van der Waals surface area (Å²) in [6, 6.07) is 0. The Hall–Kier alpha value is -1.34. The third kappa shape index (κ3) is 3.37. The van der Waals surface area contributed by atoms with Crippen molar-refractivity contribution in [2.24, 2.45) is 5.73 Å². The summed E-state index contributed by atoms with van der Waals surface area (Å²) in [5.74, 6) is -1.79. The number of hydrogen-bond donors (Lipinski definition) is 2. The molecule has 1 rings (SSSR count). The molecule has 1 heterocycles. The largest absolute Gasteiger partial charge is 0.476 e. The van der Waals surface area contributed by atoms with Gasteiger partial charge in [0, 0.05) is 0 Å². The van der Waals surface area contributed by atoms with E-state index in [4.69, 9.17) is 22.4 Å². The van der Waals surface area contributed by atoms with Crippen LogP contribution >= 0.6 is 23.4 Å². The molecule has 80 valence electrons. The van der Waals surface area contributed by atoms with Gasteiger partial charge in [-0.1, -0.05) is 23.4 Å². The van der Waals surface area contributed by atoms with Crippen LogP contribution in [0.15, 0.2) is 11.4 Å². The van der Waals surface area contributed by atoms with E-state index in [0.717, 1.165) is 11.8 Å². The number of nitrogens with two attached hydrogens (primary N) is 1. The van der Waals surface area contributed by atoms with Crippen molar-refractivity contribution in [3.63, 3.8) is 0 Å². The van der Waals surface area contributed by atoms with E-state index in [-0.39, 0.29) is 21.6 Å². The monoisotopic (exact) mass is 247 g/mol. The first-order chi connectivity index (χ1) is 7.00. The van der Waals surface area contributed by atoms with Gasteiger partial charge >= 0.3 is 5.97 Å². The SMILES string of the molecule is NC(=O)CSc1ncc(Cl)c(C(=O)O)n1. The maximum atomic E-state index is 10.6. The lowest BCUT2D eigenvalue weighted by molar-refractivity contribution is -0.115. The number of carboxylic acids is 1. The lowest BCUT2D eigenvalue weighted by atomic mass is 10.4. The summed E-state index contributed by atoms with van der Waals surface area (Å²) in [6.45, 7) is 0. The fourth-order valence-corrected chi connectivity index (χ4v) is 1.43. The minimum Gasteiger partial charge on any atom is -0.476 e. The molecule has 0 bridgehead atoms. The molecule has 0 fully saturated rings. The van der Waals surface area contributed by atoms with Gasteiger partial charge in [0.15, 0.2) is 10.9 Å². The average Bonchev–Trinajstić information content (AvgIpc) is 2.16. The number of carbonyl (C=O) groups excluding carboxylic acids is 1. The molecule has 1 aromatic heterocycles. The van der Waals surface area contributed by atoms with Crippen molar-refractivity contribution < 1.29 is 14.7 Å². The van der Waals surface area contributed by atoms with Crippen LogP contribution in [0.25, 0.3) is 0 Å². The van der Waals surface area contributed by atoms with Crippen LogP contribution in [0.2, 0.25) is 5.02 Å². The second kappa shape index (κ2) is 4.94. The molecule has 0 spiro atoms. The third-order valence-electron chi connectivity index (χ3n) is 1.27. The molecule has 0 radical (unpaired) electrons. The van der Waals surface area contributed by atoms with Gasteiger partial charge in [-0.25, -0.2) is 14.8 Å². The number of thioether (sulfide) groups is 1. The molecular formula is C7H6ClN3O3S. The molecule has 0 aromatic carbocycles. The predicted molar refractivity (Wildman–Crippen MR) is 53.9 cm³/mol. The normalized spacial score (nSPS) is 9.93. The van der Waals surface area contributed by atoms with Crippen LogP contribution in [0.1, 0.15) is 10.5 Å². The fourth-order valence-electron chi connectivity index (χ4n) is 0.706. The second-order valence-electron chi connectivity index (χ2n) is 2.41. The van der Waals surface area contributed by atoms with E-state index in [2.05, 4.69) is 9.97 Å². The van der Waals surface area contributed by atoms with Crippen LogP contribution in [-0.4, -0.2) is 32.7 Å². The average molecular weight is 248 g/mol. The molecule has 15 heavy (non-hydrogen) atoms. The number of carboxylic acid groups (broad SMARTS) is 1. The van der Waals surface area contributed by atoms with E-state index in [1.807, 2.05) is 0 Å². The summed E-state index contributed by atoms with van der Waals surface area (Å²) in [5, 5.41) is 8.79. The Morgan fingerprint density at radius 2 is 2.27 bits per heavy atom. The fraction of sp³-hybridized carbons (Fsp3) is 0.143. The zero-order valence-corrected chi connectivity index (χ0v) is 8.88. The maximum absolute atomic E-state index is 10.6. The smallest absolute Gasteiger partial charge is 0.356 e. The molecule has 3 N–H and O–H groups in total. The number of hydrogen-bond acceptors (Lipinski definition) is 5. The Morgan fingerprint density at radius 3 is 2.80 bits per heavy atom. The Labute approximate surface area is 93.8 Å². The van der Waals surface area contributed by atoms with Gasteiger partial charge in [-0.05, 0) is 0 Å². The lowest BCUT2D eigenvalue weighted by Crippen LogP contribution is -2.13. The first kappa shape index (κ1) is 11.7. The quantitative estimate of drug-likeness (QED) is 0.589. The summed E-state index contributed by atoms with van der Waals surface area (Å²) in [5.41, 5.74) is 4.62. The van der Waals surface area contributed by atoms with Crippen LogP contribution in [-0.2, 0) is 4.79 Å². The molecule has 0 saturated heterocycles. The molecule has 0 aliphatic heterocycles. The minimum atomic E-state index is -1.25. The Morgan fingerprint density at radius 1 is 1.60 bits per heavy atom. The van der Waals surface area contributed by atoms with Gasteiger partial charge in [0.1, 0.15) is 0 Å². The van der Waals surface area contributed by atoms with E-state index in [1.54, 1.807) is 0 Å². The van der Waals surface area contributed by atoms with Crippen molar-refractivity contribution in [1.82, 2.24) is 9.97 Å². The van der Waals surface area contributed by atoms with Gasteiger partial charge in [-0.2, -0.15) is 0 Å². The van der Waals surface area contributed by atoms with Crippen molar-refractivity contribution in [2.75, 3.05) is 5.75 Å². The summed E-state index contributed by atoms with van der Waals surface area (Å²) in [6.07, 6.45) is 1.17. The number of carbonyl (C=O) groups is 2. The summed E-state index contributed by atoms with van der Waals surface area (Å²) >= 11 is 6.50. The van der Waals surface area contributed by atoms with E-state index >= 15 is 0 Å². The highest BCUT2D eigenvalue weighted by atomic mass is 35.5. The molecule has 8 heteroatoms. The molecular weight excluding hydrogens is 242 g/mol. The van der Waals surface area contributed by atoms with Gasteiger partial charge in [0.25, 0.3) is 0 Å². The Kier molecular flexibility index (Phi) is 3.87. The zero-order chi connectivity index (χ0) is 11.4. The molecule has 1 amide bonds. The van der Waals surface area contributed by atoms with Crippen LogP contribution in [0.3, 0.4) is 0 Å². The molecule has 1 aromatic rings. The molecule has 0 saturated carbocycles. The number of aromatic carboxylic acids is 1. The number of rotatable bonds is 4. The molecule has 0 aliphatic carbocycles. The Balaban J connectivity index is 2.87. The number of halogens is 1. The number of primary amides is 1. The molecule has 0 unspecified atom stereocenters. The molecule has 0 aliphatic rings. The van der Waals surface area contributed by atoms with Crippen LogP contribution < -0.4 is 5.73 Å². The summed E-state index contributed by atoms with van der Waals surface area (Å²) in [4.78, 5) is 28.5. The molecule has 6 nitrogen and oxygen atoms in total. The Bertz CT molecular complexity index is 412. The van der Waals surface area contributed by atoms with Crippen LogP contribution in [0.4, 0.5) is 0 Å². The predicted octanol–water partition coefficient (Wildman–Crippen LogP) is 0.406. The highest BCUT2D eigenvalue weighted by Gasteiger charge is 2.12. The van der Waals surface area contributed by atoms with E-state index in [1.165, 1.54) is 6.20 Å². The van der Waals surface area contributed by atoms with Crippen molar-refractivity contribution >= 4 is 35.2 Å². The lowest BCUT2D eigenvalue weighted by Gasteiger charge is -2.00. The maximum Gasteiger partial charge on any atom is 0.356 e. The topological polar surface area (TPSA) is 106 Å². The van der Waals surface area contributed by atoms with Crippen molar-refractivity contribution in [1.29, 1.82) is 0 Å². The van der Waals surface area contributed by atoms with E-state index in [9.17, 15) is 9.59 Å². The number of amides is 1. The van der Waals surface area contributed by atoms with Crippen LogP contribution in [0, 0.1) is 0 Å². The minimum absolute atomic E-state index is 0.0132. The van der Waals surface area contributed by atoms with Gasteiger partial charge in [0.2, 0.25) is 5.91 Å². The standard InChI is InChI=1S/C7H6ClN3O3S/c8-3-1-10-7(15-2-4(9)12)11-5(3)6(13)14/h1H,2H2,(H2,9,12)(H,13,14). The van der Waals surface area contributed by atoms with Crippen LogP contribution in [0.5, 0.6) is 0 Å². The molecule has 0 atom stereocenters. The van der Waals surface area contributed by atoms with Gasteiger partial charge in [0.05, 0.1) is 17.0 Å². The highest BCUT2D eigenvalue weighted by Crippen LogP contribution is 2.17. The van der Waals surface area contributed by atoms with Gasteiger partial charge in [-0.3, -0.25) is 4.79 Å².